The molecule has 0 radical (unpaired) electrons. The first-order chi connectivity index (χ1) is 4.83. The minimum atomic E-state index is -1.13. The summed E-state index contributed by atoms with van der Waals surface area (Å²) in [5.41, 5.74) is 0. The Morgan fingerprint density at radius 2 is 1.73 bits per heavy atom. The van der Waals surface area contributed by atoms with Gasteiger partial charge in [0.1, 0.15) is 13.1 Å². The van der Waals surface area contributed by atoms with Crippen molar-refractivity contribution in [2.45, 2.75) is 6.92 Å². The Bertz CT molecular complexity index is 157. The molecule has 4 heteroatoms. The zero-order valence-corrected chi connectivity index (χ0v) is 7.09. The summed E-state index contributed by atoms with van der Waals surface area (Å²) in [7, 11) is 3.36. The van der Waals surface area contributed by atoms with Crippen molar-refractivity contribution >= 4 is 11.8 Å². The van der Waals surface area contributed by atoms with Crippen LogP contribution in [-0.2, 0) is 9.59 Å². The summed E-state index contributed by atoms with van der Waals surface area (Å²) in [4.78, 5) is 20.8. The van der Waals surface area contributed by atoms with Crippen molar-refractivity contribution in [1.82, 2.24) is 0 Å². The van der Waals surface area contributed by atoms with Crippen LogP contribution in [0.4, 0.5) is 0 Å². The normalized spacial score (nSPS) is 11.2. The number of rotatable bonds is 4. The molecule has 0 aliphatic carbocycles. The monoisotopic (exact) mass is 159 g/mol. The smallest absolute Gasteiger partial charge is 0.183 e. The van der Waals surface area contributed by atoms with Gasteiger partial charge in [-0.1, -0.05) is 0 Å². The number of ketones is 1. The summed E-state index contributed by atoms with van der Waals surface area (Å²) >= 11 is 0. The van der Waals surface area contributed by atoms with Crippen molar-refractivity contribution in [2.24, 2.45) is 0 Å². The lowest BCUT2D eigenvalue weighted by atomic mass is 10.3. The summed E-state index contributed by atoms with van der Waals surface area (Å²) in [6, 6.07) is 0. The number of carboxylic acid groups (broad SMARTS) is 1. The molecule has 0 aromatic carbocycles. The molecule has 0 bridgehead atoms. The number of carboxylic acids is 1. The molecule has 64 valence electrons. The fourth-order valence-corrected chi connectivity index (χ4v) is 1.01. The first-order valence-electron chi connectivity index (χ1n) is 3.35. The van der Waals surface area contributed by atoms with E-state index < -0.39 is 5.97 Å². The molecule has 0 saturated heterocycles. The zero-order valence-electron chi connectivity index (χ0n) is 7.09. The summed E-state index contributed by atoms with van der Waals surface area (Å²) < 4.78 is 0.150. The second-order valence-corrected chi connectivity index (χ2v) is 3.33. The average Bonchev–Trinajstić information content (AvgIpc) is 1.53. The molecule has 0 rings (SSSR count). The first-order valence-corrected chi connectivity index (χ1v) is 3.35. The first kappa shape index (κ1) is 10.1. The van der Waals surface area contributed by atoms with Gasteiger partial charge in [0.25, 0.3) is 0 Å². The van der Waals surface area contributed by atoms with Crippen LogP contribution < -0.4 is 5.11 Å². The van der Waals surface area contributed by atoms with Gasteiger partial charge in [-0.25, -0.2) is 0 Å². The summed E-state index contributed by atoms with van der Waals surface area (Å²) in [6.07, 6.45) is 0. The summed E-state index contributed by atoms with van der Waals surface area (Å²) in [5, 5.41) is 10.2. The van der Waals surface area contributed by atoms with Crippen LogP contribution in [0, 0.1) is 0 Å². The molecule has 0 heterocycles. The van der Waals surface area contributed by atoms with Crippen LogP contribution in [-0.4, -0.2) is 43.4 Å². The van der Waals surface area contributed by atoms with Gasteiger partial charge in [-0.3, -0.25) is 4.79 Å². The number of quaternary nitrogens is 1. The van der Waals surface area contributed by atoms with Crippen LogP contribution in [0.3, 0.4) is 0 Å². The molecule has 0 amide bonds. The van der Waals surface area contributed by atoms with Crippen molar-refractivity contribution in [2.75, 3.05) is 27.2 Å². The third kappa shape index (κ3) is 5.54. The van der Waals surface area contributed by atoms with Gasteiger partial charge < -0.3 is 14.4 Å². The van der Waals surface area contributed by atoms with Crippen molar-refractivity contribution < 1.29 is 19.2 Å². The number of hydrogen-bond donors (Lipinski definition) is 0. The van der Waals surface area contributed by atoms with Gasteiger partial charge in [0, 0.05) is 6.92 Å². The van der Waals surface area contributed by atoms with E-state index in [9.17, 15) is 14.7 Å². The van der Waals surface area contributed by atoms with Crippen LogP contribution in [0.15, 0.2) is 0 Å². The minimum absolute atomic E-state index is 0.0174. The Morgan fingerprint density at radius 1 is 1.27 bits per heavy atom. The quantitative estimate of drug-likeness (QED) is 0.464. The van der Waals surface area contributed by atoms with E-state index in [1.165, 1.54) is 6.92 Å². The fourth-order valence-electron chi connectivity index (χ4n) is 1.01. The van der Waals surface area contributed by atoms with Gasteiger partial charge in [0.15, 0.2) is 5.78 Å². The van der Waals surface area contributed by atoms with Crippen molar-refractivity contribution in [3.63, 3.8) is 0 Å². The van der Waals surface area contributed by atoms with E-state index in [2.05, 4.69) is 0 Å². The topological polar surface area (TPSA) is 57.2 Å². The van der Waals surface area contributed by atoms with Crippen LogP contribution in [0.25, 0.3) is 0 Å². The number of likely N-dealkylation sites (N-methyl/N-ethyl adjacent to an activating group) is 1. The number of hydrogen-bond acceptors (Lipinski definition) is 3. The van der Waals surface area contributed by atoms with Crippen molar-refractivity contribution in [3.05, 3.63) is 0 Å². The number of carbonyl (C=O) groups excluding carboxylic acids is 2. The second kappa shape index (κ2) is 3.48. The predicted molar refractivity (Wildman–Crippen MR) is 37.5 cm³/mol. The minimum Gasteiger partial charge on any atom is -0.544 e. The van der Waals surface area contributed by atoms with E-state index in [-0.39, 0.29) is 23.4 Å². The average molecular weight is 159 g/mol. The number of nitrogens with zero attached hydrogens (tertiary/aromatic N) is 1. The molecule has 0 aliphatic rings. The highest BCUT2D eigenvalue weighted by Gasteiger charge is 2.16. The van der Waals surface area contributed by atoms with Crippen LogP contribution in [0.5, 0.6) is 0 Å². The van der Waals surface area contributed by atoms with Crippen molar-refractivity contribution in [3.8, 4) is 0 Å². The molecule has 0 saturated carbocycles. The Hall–Kier alpha value is -0.900. The van der Waals surface area contributed by atoms with Gasteiger partial charge in [-0.05, 0) is 0 Å². The standard InChI is InChI=1S/C7H13NO3/c1-6(9)4-8(2,3)5-7(10)11/h4-5H2,1-3H3. The molecular weight excluding hydrogens is 146 g/mol. The number of carbonyl (C=O) groups is 2. The molecular formula is C7H13NO3. The highest BCUT2D eigenvalue weighted by atomic mass is 16.4. The van der Waals surface area contributed by atoms with E-state index >= 15 is 0 Å². The molecule has 4 nitrogen and oxygen atoms in total. The maximum Gasteiger partial charge on any atom is 0.183 e. The molecule has 0 aromatic rings. The van der Waals surface area contributed by atoms with E-state index in [0.29, 0.717) is 0 Å². The molecule has 0 unspecified atom stereocenters. The van der Waals surface area contributed by atoms with Gasteiger partial charge in [-0.15, -0.1) is 0 Å². The van der Waals surface area contributed by atoms with Gasteiger partial charge >= 0.3 is 0 Å². The second-order valence-electron chi connectivity index (χ2n) is 3.33. The zero-order chi connectivity index (χ0) is 9.07. The third-order valence-corrected chi connectivity index (χ3v) is 1.21. The highest BCUT2D eigenvalue weighted by Crippen LogP contribution is 1.94. The Labute approximate surface area is 66.0 Å². The molecule has 0 N–H and O–H groups in total. The van der Waals surface area contributed by atoms with E-state index in [0.717, 1.165) is 0 Å². The van der Waals surface area contributed by atoms with Crippen LogP contribution in [0.1, 0.15) is 6.92 Å². The fraction of sp³-hybridized carbons (Fsp3) is 0.714. The maximum atomic E-state index is 10.6. The van der Waals surface area contributed by atoms with Gasteiger partial charge in [0.2, 0.25) is 0 Å². The highest BCUT2D eigenvalue weighted by molar-refractivity contribution is 5.77. The lowest BCUT2D eigenvalue weighted by Gasteiger charge is -2.28. The summed E-state index contributed by atoms with van der Waals surface area (Å²) in [5.74, 6) is -1.15. The summed E-state index contributed by atoms with van der Waals surface area (Å²) in [6.45, 7) is 1.54. The molecule has 0 spiro atoms. The van der Waals surface area contributed by atoms with Gasteiger partial charge in [-0.2, -0.15) is 0 Å². The van der Waals surface area contributed by atoms with Crippen LogP contribution in [0.2, 0.25) is 0 Å². The van der Waals surface area contributed by atoms with E-state index in [1.54, 1.807) is 14.1 Å². The lowest BCUT2D eigenvalue weighted by molar-refractivity contribution is -0.876. The van der Waals surface area contributed by atoms with Crippen molar-refractivity contribution in [1.29, 1.82) is 0 Å². The van der Waals surface area contributed by atoms with E-state index in [4.69, 9.17) is 0 Å². The maximum absolute atomic E-state index is 10.6. The Morgan fingerprint density at radius 3 is 2.00 bits per heavy atom. The number of Topliss-reactive ketones (excluding diaryl/α,β-unsaturated/α-hetero) is 1. The lowest BCUT2D eigenvalue weighted by Crippen LogP contribution is -2.50. The number of aliphatic carboxylic acids is 1. The molecule has 0 aromatic heterocycles. The van der Waals surface area contributed by atoms with E-state index in [1.807, 2.05) is 0 Å². The van der Waals surface area contributed by atoms with Gasteiger partial charge in [0.05, 0.1) is 20.1 Å². The molecule has 11 heavy (non-hydrogen) atoms. The molecule has 0 atom stereocenters. The third-order valence-electron chi connectivity index (χ3n) is 1.21. The predicted octanol–water partition coefficient (Wildman–Crippen LogP) is -1.60. The largest absolute Gasteiger partial charge is 0.544 e. The Kier molecular flexibility index (Phi) is 3.19. The molecule has 0 fully saturated rings. The Balaban J connectivity index is 3.99. The SMILES string of the molecule is CC(=O)C[N+](C)(C)CC(=O)[O-]. The molecule has 0 aliphatic heterocycles. The van der Waals surface area contributed by atoms with Crippen LogP contribution >= 0.6 is 0 Å².